The number of rotatable bonds is 31. The molecule has 1 aromatic carbocycles. The van der Waals surface area contributed by atoms with Crippen molar-refractivity contribution >= 4 is 58.9 Å². The number of methoxy groups -OCH3 is 1. The molecule has 0 spiro atoms. The van der Waals surface area contributed by atoms with E-state index in [2.05, 4.69) is 58.0 Å². The zero-order valence-corrected chi connectivity index (χ0v) is 42.6. The fraction of sp³-hybridized carbons (Fsp3) is 0.562. The van der Waals surface area contributed by atoms with Crippen LogP contribution >= 0.6 is 23.4 Å². The number of hydrazine groups is 1. The van der Waals surface area contributed by atoms with E-state index in [-0.39, 0.29) is 91.5 Å². The van der Waals surface area contributed by atoms with Gasteiger partial charge in [0.1, 0.15) is 29.4 Å². The number of carbonyl (C=O) groups is 5. The van der Waals surface area contributed by atoms with Gasteiger partial charge in [-0.25, -0.2) is 29.5 Å². The number of ether oxygens (including phenoxy) is 4. The summed E-state index contributed by atoms with van der Waals surface area (Å²) in [5, 5.41) is 26.7. The Morgan fingerprint density at radius 3 is 2.53 bits per heavy atom. The second-order valence-electron chi connectivity index (χ2n) is 18.2. The zero-order chi connectivity index (χ0) is 51.6. The molecule has 5 amide bonds. The number of nitrogens with zero attached hydrogens (tertiary/aromatic N) is 5. The Bertz CT molecular complexity index is 2430. The first-order valence-electron chi connectivity index (χ1n) is 24.6. The molecule has 1 unspecified atom stereocenters. The maximum absolute atomic E-state index is 14.0. The molecule has 3 fully saturated rings. The third kappa shape index (κ3) is 16.9. The van der Waals surface area contributed by atoms with Gasteiger partial charge in [-0.05, 0) is 69.7 Å². The van der Waals surface area contributed by atoms with Gasteiger partial charge in [-0.15, -0.1) is 5.10 Å². The van der Waals surface area contributed by atoms with E-state index in [0.29, 0.717) is 98.4 Å². The van der Waals surface area contributed by atoms with Crippen molar-refractivity contribution in [1.29, 1.82) is 0 Å². The minimum Gasteiger partial charge on any atom is -0.466 e. The molecule has 396 valence electrons. The van der Waals surface area contributed by atoms with Crippen molar-refractivity contribution in [3.05, 3.63) is 87.9 Å². The van der Waals surface area contributed by atoms with E-state index in [1.807, 2.05) is 18.7 Å². The predicted octanol–water partition coefficient (Wildman–Crippen LogP) is 2.45. The molecule has 8 N–H and O–H groups in total. The first-order chi connectivity index (χ1) is 35.4. The van der Waals surface area contributed by atoms with Crippen LogP contribution in [-0.4, -0.2) is 144 Å². The molecule has 5 atom stereocenters. The maximum Gasteiger partial charge on any atom is 0.338 e. The van der Waals surface area contributed by atoms with Crippen LogP contribution in [0.4, 0.5) is 9.18 Å². The Hall–Kier alpha value is -5.76. The van der Waals surface area contributed by atoms with E-state index < -0.39 is 23.9 Å². The summed E-state index contributed by atoms with van der Waals surface area (Å²) in [4.78, 5) is 72.4. The van der Waals surface area contributed by atoms with Crippen LogP contribution in [-0.2, 0) is 51.3 Å². The molecular weight excluding hydrogens is 989 g/mol. The van der Waals surface area contributed by atoms with E-state index in [0.717, 1.165) is 24.7 Å². The number of unbranched alkanes of at least 4 members (excludes halogenated alkanes) is 2. The number of amides is 5. The molecule has 6 heterocycles. The summed E-state index contributed by atoms with van der Waals surface area (Å²) in [5.41, 5.74) is 8.03. The summed E-state index contributed by atoms with van der Waals surface area (Å²) in [6.45, 7) is 4.24. The molecule has 0 bridgehead atoms. The molecule has 3 saturated heterocycles. The van der Waals surface area contributed by atoms with Crippen molar-refractivity contribution in [2.45, 2.75) is 113 Å². The molecular formula is C48H65ClFN13O9S. The van der Waals surface area contributed by atoms with Crippen molar-refractivity contribution in [3.63, 3.8) is 0 Å². The lowest BCUT2D eigenvalue weighted by molar-refractivity contribution is -0.136. The molecule has 7 rings (SSSR count). The third-order valence-corrected chi connectivity index (χ3v) is 14.4. The second-order valence-corrected chi connectivity index (χ2v) is 19.9. The standard InChI is InChI=1S/C48H65ClFN13O9S/c1-48(60-61-48)15-12-39(64)52-16-6-5-7-35(54-40(65)9-4-3-8-38-43-37(29-73-38)56-47(68)58-43)45(66)53-19-21-70-23-24-71-22-20-63-26-32(59-62-63)27-72-28-36-41(46(67)69-2)42(33-11-10-31(50)25-34(33)49)57-44(55-36)30-13-17-51-18-14-30/h10-11,13-14,17-18,25-26,35,37-38,42-43,60-61H,3-9,12,15-16,19-24,27-29H2,1-2H3,(H,52,64)(H,53,66)(H,54,65)(H,55,57)(H2,56,58,68)/t35-,37-,38-,42?,43-/m0/s1. The zero-order valence-electron chi connectivity index (χ0n) is 41.0. The highest BCUT2D eigenvalue weighted by Gasteiger charge is 2.42. The highest BCUT2D eigenvalue weighted by atomic mass is 35.5. The van der Waals surface area contributed by atoms with E-state index >= 15 is 0 Å². The van der Waals surface area contributed by atoms with Crippen molar-refractivity contribution in [1.82, 2.24) is 62.7 Å². The van der Waals surface area contributed by atoms with Crippen LogP contribution in [0.15, 0.2) is 65.2 Å². The largest absolute Gasteiger partial charge is 0.466 e. The van der Waals surface area contributed by atoms with Crippen LogP contribution in [0.5, 0.6) is 0 Å². The van der Waals surface area contributed by atoms with Gasteiger partial charge in [-0.1, -0.05) is 29.3 Å². The number of hydrogen-bond donors (Lipinski definition) is 8. The second kappa shape index (κ2) is 27.5. The Labute approximate surface area is 432 Å². The smallest absolute Gasteiger partial charge is 0.338 e. The first kappa shape index (κ1) is 55.0. The van der Waals surface area contributed by atoms with Crippen molar-refractivity contribution in [2.24, 2.45) is 4.99 Å². The van der Waals surface area contributed by atoms with Gasteiger partial charge in [0.2, 0.25) is 17.7 Å². The van der Waals surface area contributed by atoms with Crippen LogP contribution in [0.1, 0.15) is 87.6 Å². The summed E-state index contributed by atoms with van der Waals surface area (Å²) < 4.78 is 38.2. The van der Waals surface area contributed by atoms with E-state index in [9.17, 15) is 28.4 Å². The topological polar surface area (TPSA) is 294 Å². The van der Waals surface area contributed by atoms with Gasteiger partial charge in [0.25, 0.3) is 0 Å². The lowest BCUT2D eigenvalue weighted by Crippen LogP contribution is -2.47. The predicted molar refractivity (Wildman–Crippen MR) is 268 cm³/mol. The van der Waals surface area contributed by atoms with Gasteiger partial charge in [-0.2, -0.15) is 11.8 Å². The normalized spacial score (nSPS) is 20.0. The summed E-state index contributed by atoms with van der Waals surface area (Å²) in [7, 11) is 1.26. The number of hydrogen-bond acceptors (Lipinski definition) is 17. The minimum atomic E-state index is -0.925. The molecule has 73 heavy (non-hydrogen) atoms. The fourth-order valence-corrected chi connectivity index (χ4v) is 10.3. The van der Waals surface area contributed by atoms with E-state index in [1.165, 1.54) is 19.2 Å². The van der Waals surface area contributed by atoms with Gasteiger partial charge >= 0.3 is 12.0 Å². The van der Waals surface area contributed by atoms with E-state index in [4.69, 9.17) is 35.5 Å². The van der Waals surface area contributed by atoms with Crippen molar-refractivity contribution in [2.75, 3.05) is 59.0 Å². The fourth-order valence-electron chi connectivity index (χ4n) is 8.48. The van der Waals surface area contributed by atoms with Crippen LogP contribution in [0, 0.1) is 5.82 Å². The van der Waals surface area contributed by atoms with Crippen LogP contribution in [0.2, 0.25) is 5.02 Å². The number of aliphatic imine (C=N–C) groups is 1. The van der Waals surface area contributed by atoms with Crippen molar-refractivity contribution in [3.8, 4) is 0 Å². The van der Waals surface area contributed by atoms with E-state index in [1.54, 1.807) is 35.4 Å². The van der Waals surface area contributed by atoms with Gasteiger partial charge < -0.3 is 50.8 Å². The lowest BCUT2D eigenvalue weighted by Gasteiger charge is -2.28. The summed E-state index contributed by atoms with van der Waals surface area (Å²) in [6.07, 6.45) is 10.4. The molecule has 25 heteroatoms. The van der Waals surface area contributed by atoms with Crippen LogP contribution in [0.3, 0.4) is 0 Å². The number of esters is 1. The summed E-state index contributed by atoms with van der Waals surface area (Å²) in [6, 6.07) is 5.90. The number of fused-ring (bicyclic) bond motifs is 1. The number of amidine groups is 1. The third-order valence-electron chi connectivity index (χ3n) is 12.6. The Morgan fingerprint density at radius 1 is 0.945 bits per heavy atom. The molecule has 0 radical (unpaired) electrons. The molecule has 3 aromatic rings. The summed E-state index contributed by atoms with van der Waals surface area (Å²) >= 11 is 8.31. The molecule has 22 nitrogen and oxygen atoms in total. The average Bonchev–Trinajstić information content (AvgIpc) is 3.60. The Balaban J connectivity index is 0.790. The number of thioether (sulfide) groups is 1. The van der Waals surface area contributed by atoms with Gasteiger partial charge in [0, 0.05) is 65.5 Å². The highest BCUT2D eigenvalue weighted by molar-refractivity contribution is 8.00. The monoisotopic (exact) mass is 1050 g/mol. The molecule has 4 aliphatic rings. The number of carbonyl (C=O) groups excluding carboxylic acids is 5. The number of benzene rings is 1. The average molecular weight is 1050 g/mol. The van der Waals surface area contributed by atoms with Gasteiger partial charge in [-0.3, -0.25) is 24.4 Å². The SMILES string of the molecule is COC(=O)C1=C(COCc2cn(CCOCCOCCNC(=O)[C@H](CCCCNC(=O)CCC3(C)NN3)NC(=O)CCCC[C@@H]3SC[C@@H]4NC(=O)N[C@@H]43)nn2)NC(c2ccncc2)=NC1c1ccc(F)cc1Cl. The lowest BCUT2D eigenvalue weighted by atomic mass is 9.95. The first-order valence-corrected chi connectivity index (χ1v) is 26.0. The van der Waals surface area contributed by atoms with Crippen LogP contribution < -0.4 is 42.8 Å². The summed E-state index contributed by atoms with van der Waals surface area (Å²) in [5.74, 6) is -0.409. The number of urea groups is 1. The van der Waals surface area contributed by atoms with Crippen LogP contribution in [0.25, 0.3) is 0 Å². The number of pyridine rings is 1. The quantitative estimate of drug-likeness (QED) is 0.0199. The Morgan fingerprint density at radius 2 is 1.75 bits per heavy atom. The maximum atomic E-state index is 14.0. The Kier molecular flexibility index (Phi) is 20.7. The molecule has 4 aliphatic heterocycles. The molecule has 2 aromatic heterocycles. The number of halogens is 2. The van der Waals surface area contributed by atoms with Crippen molar-refractivity contribution < 1.29 is 47.3 Å². The minimum absolute atomic E-state index is 0.0309. The van der Waals surface area contributed by atoms with Gasteiger partial charge in [0.05, 0.1) is 88.5 Å². The number of nitrogens with one attached hydrogen (secondary N) is 8. The molecule has 0 saturated carbocycles. The highest BCUT2D eigenvalue weighted by Crippen LogP contribution is 2.37. The number of aromatic nitrogens is 4. The van der Waals surface area contributed by atoms with Gasteiger partial charge in [0.15, 0.2) is 0 Å². The molecule has 0 aliphatic carbocycles.